The highest BCUT2D eigenvalue weighted by molar-refractivity contribution is 5.76. The third-order valence-electron chi connectivity index (χ3n) is 5.70. The van der Waals surface area contributed by atoms with Crippen molar-refractivity contribution in [2.24, 2.45) is 0 Å². The summed E-state index contributed by atoms with van der Waals surface area (Å²) in [6, 6.07) is 12.4. The van der Waals surface area contributed by atoms with Crippen LogP contribution in [0.4, 0.5) is 0 Å². The quantitative estimate of drug-likeness (QED) is 0.653. The van der Waals surface area contributed by atoms with Gasteiger partial charge in [0, 0.05) is 24.7 Å². The molecule has 0 saturated heterocycles. The summed E-state index contributed by atoms with van der Waals surface area (Å²) in [6.07, 6.45) is 6.09. The number of benzene rings is 2. The molecule has 1 atom stereocenters. The molecule has 5 nitrogen and oxygen atoms in total. The number of fused-ring (bicyclic) bond motifs is 2. The zero-order valence-corrected chi connectivity index (χ0v) is 16.5. The van der Waals surface area contributed by atoms with Gasteiger partial charge in [-0.3, -0.25) is 0 Å². The first-order valence-electron chi connectivity index (χ1n) is 9.87. The Bertz CT molecular complexity index is 1030. The van der Waals surface area contributed by atoms with Gasteiger partial charge in [0.2, 0.25) is 0 Å². The van der Waals surface area contributed by atoms with Gasteiger partial charge in [-0.05, 0) is 73.5 Å². The molecular formula is C23H26N2O3. The average Bonchev–Trinajstić information content (AvgIpc) is 2.72. The third-order valence-corrected chi connectivity index (χ3v) is 5.70. The van der Waals surface area contributed by atoms with E-state index in [4.69, 9.17) is 9.15 Å². The highest BCUT2D eigenvalue weighted by Gasteiger charge is 2.23. The normalized spacial score (nSPS) is 16.3. The van der Waals surface area contributed by atoms with E-state index in [-0.39, 0.29) is 0 Å². The van der Waals surface area contributed by atoms with Crippen molar-refractivity contribution in [3.8, 4) is 5.75 Å². The molecule has 2 aromatic carbocycles. The van der Waals surface area contributed by atoms with Gasteiger partial charge in [-0.2, -0.15) is 4.98 Å². The van der Waals surface area contributed by atoms with E-state index in [0.717, 1.165) is 37.1 Å². The Morgan fingerprint density at radius 2 is 2.18 bits per heavy atom. The fourth-order valence-electron chi connectivity index (χ4n) is 4.27. The van der Waals surface area contributed by atoms with Gasteiger partial charge in [-0.25, -0.2) is 4.79 Å². The van der Waals surface area contributed by atoms with E-state index in [1.807, 2.05) is 12.1 Å². The van der Waals surface area contributed by atoms with E-state index in [0.29, 0.717) is 11.5 Å². The molecular weight excluding hydrogens is 352 g/mol. The lowest BCUT2D eigenvalue weighted by Gasteiger charge is -2.30. The summed E-state index contributed by atoms with van der Waals surface area (Å²) in [6.45, 7) is 2.02. The van der Waals surface area contributed by atoms with Crippen molar-refractivity contribution in [2.75, 3.05) is 27.2 Å². The molecule has 1 aromatic heterocycles. The second kappa shape index (κ2) is 8.15. The van der Waals surface area contributed by atoms with Crippen LogP contribution in [0.25, 0.3) is 11.0 Å². The van der Waals surface area contributed by atoms with Gasteiger partial charge in [-0.1, -0.05) is 18.2 Å². The Morgan fingerprint density at radius 3 is 3.04 bits per heavy atom. The van der Waals surface area contributed by atoms with Crippen LogP contribution in [0.3, 0.4) is 0 Å². The van der Waals surface area contributed by atoms with Crippen molar-refractivity contribution in [3.05, 3.63) is 69.8 Å². The standard InChI is InChI=1S/C23H26N2O3/c1-25(12-11-16-9-10-21-18(13-16)14-24-23(26)28-21)15-17-5-3-7-20-19(17)6-4-8-22(20)27-2/h4,6,8-10,13-14,17H,3,5,7,11-12,15H2,1-2H3. The molecule has 28 heavy (non-hydrogen) atoms. The summed E-state index contributed by atoms with van der Waals surface area (Å²) in [5.74, 6) is 1.03. The molecule has 1 unspecified atom stereocenters. The van der Waals surface area contributed by atoms with Crippen LogP contribution in [0, 0.1) is 0 Å². The number of likely N-dealkylation sites (N-methyl/N-ethyl adjacent to an activating group) is 1. The second-order valence-corrected chi connectivity index (χ2v) is 7.63. The van der Waals surface area contributed by atoms with Crippen molar-refractivity contribution in [3.63, 3.8) is 0 Å². The van der Waals surface area contributed by atoms with Gasteiger partial charge in [0.1, 0.15) is 11.3 Å². The van der Waals surface area contributed by atoms with Crippen molar-refractivity contribution in [1.82, 2.24) is 9.88 Å². The van der Waals surface area contributed by atoms with E-state index in [2.05, 4.69) is 41.2 Å². The second-order valence-electron chi connectivity index (χ2n) is 7.63. The zero-order chi connectivity index (χ0) is 19.5. The van der Waals surface area contributed by atoms with Crippen LogP contribution < -0.4 is 10.5 Å². The van der Waals surface area contributed by atoms with Gasteiger partial charge >= 0.3 is 5.76 Å². The SMILES string of the molecule is COc1cccc2c1CCCC2CN(C)CCc1ccc2oc(=O)ncc2c1. The summed E-state index contributed by atoms with van der Waals surface area (Å²) >= 11 is 0. The minimum atomic E-state index is -0.552. The van der Waals surface area contributed by atoms with E-state index >= 15 is 0 Å². The molecule has 0 N–H and O–H groups in total. The Hall–Kier alpha value is -2.66. The summed E-state index contributed by atoms with van der Waals surface area (Å²) in [5, 5.41) is 0.869. The van der Waals surface area contributed by atoms with Gasteiger partial charge < -0.3 is 14.1 Å². The van der Waals surface area contributed by atoms with Crippen molar-refractivity contribution >= 4 is 11.0 Å². The Morgan fingerprint density at radius 1 is 1.29 bits per heavy atom. The number of hydrogen-bond acceptors (Lipinski definition) is 5. The first kappa shape index (κ1) is 18.7. The number of rotatable bonds is 6. The van der Waals surface area contributed by atoms with Gasteiger partial charge in [0.15, 0.2) is 0 Å². The van der Waals surface area contributed by atoms with Crippen molar-refractivity contribution in [2.45, 2.75) is 31.6 Å². The molecule has 1 heterocycles. The summed E-state index contributed by atoms with van der Waals surface area (Å²) < 4.78 is 10.7. The van der Waals surface area contributed by atoms with Crippen molar-refractivity contribution < 1.29 is 9.15 Å². The van der Waals surface area contributed by atoms with Gasteiger partial charge in [0.25, 0.3) is 0 Å². The summed E-state index contributed by atoms with van der Waals surface area (Å²) in [7, 11) is 3.95. The van der Waals surface area contributed by atoms with E-state index in [1.165, 1.54) is 29.5 Å². The van der Waals surface area contributed by atoms with Gasteiger partial charge in [-0.15, -0.1) is 0 Å². The Labute approximate surface area is 165 Å². The molecule has 146 valence electrons. The summed E-state index contributed by atoms with van der Waals surface area (Å²) in [4.78, 5) is 17.3. The molecule has 5 heteroatoms. The lowest BCUT2D eigenvalue weighted by Crippen LogP contribution is -2.28. The predicted octanol–water partition coefficient (Wildman–Crippen LogP) is 3.79. The van der Waals surface area contributed by atoms with Crippen LogP contribution >= 0.6 is 0 Å². The highest BCUT2D eigenvalue weighted by atomic mass is 16.5. The molecule has 1 aliphatic carbocycles. The van der Waals surface area contributed by atoms with Crippen molar-refractivity contribution in [1.29, 1.82) is 0 Å². The number of ether oxygens (including phenoxy) is 1. The first-order valence-corrected chi connectivity index (χ1v) is 9.87. The van der Waals surface area contributed by atoms with E-state index in [9.17, 15) is 4.79 Å². The number of methoxy groups -OCH3 is 1. The molecule has 0 fully saturated rings. The maximum Gasteiger partial charge on any atom is 0.439 e. The van der Waals surface area contributed by atoms with Crippen LogP contribution in [0.15, 0.2) is 51.8 Å². The number of nitrogens with zero attached hydrogens (tertiary/aromatic N) is 2. The molecule has 0 amide bonds. The smallest absolute Gasteiger partial charge is 0.439 e. The van der Waals surface area contributed by atoms with Crippen LogP contribution in [0.1, 0.15) is 35.4 Å². The molecule has 4 rings (SSSR count). The van der Waals surface area contributed by atoms with Crippen LogP contribution in [-0.2, 0) is 12.8 Å². The lowest BCUT2D eigenvalue weighted by molar-refractivity contribution is 0.299. The molecule has 0 radical (unpaired) electrons. The lowest BCUT2D eigenvalue weighted by atomic mass is 9.82. The summed E-state index contributed by atoms with van der Waals surface area (Å²) in [5.41, 5.74) is 4.65. The molecule has 0 spiro atoms. The van der Waals surface area contributed by atoms with Gasteiger partial charge in [0.05, 0.1) is 7.11 Å². The molecule has 0 saturated carbocycles. The molecule has 1 aliphatic rings. The predicted molar refractivity (Wildman–Crippen MR) is 110 cm³/mol. The maximum absolute atomic E-state index is 11.2. The number of aromatic nitrogens is 1. The minimum absolute atomic E-state index is 0.552. The van der Waals surface area contributed by atoms with Crippen LogP contribution in [-0.4, -0.2) is 37.1 Å². The fraction of sp³-hybridized carbons (Fsp3) is 0.391. The molecule has 3 aromatic rings. The van der Waals surface area contributed by atoms with E-state index in [1.54, 1.807) is 13.3 Å². The maximum atomic E-state index is 11.2. The number of hydrogen-bond donors (Lipinski definition) is 0. The Kier molecular flexibility index (Phi) is 5.44. The first-order chi connectivity index (χ1) is 13.6. The topological polar surface area (TPSA) is 55.6 Å². The fourth-order valence-corrected chi connectivity index (χ4v) is 4.27. The Balaban J connectivity index is 1.41. The van der Waals surface area contributed by atoms with Crippen LogP contribution in [0.2, 0.25) is 0 Å². The average molecular weight is 378 g/mol. The monoisotopic (exact) mass is 378 g/mol. The highest BCUT2D eigenvalue weighted by Crippen LogP contribution is 2.36. The molecule has 0 aliphatic heterocycles. The largest absolute Gasteiger partial charge is 0.496 e. The zero-order valence-electron chi connectivity index (χ0n) is 16.5. The minimum Gasteiger partial charge on any atom is -0.496 e. The van der Waals surface area contributed by atoms with Crippen LogP contribution in [0.5, 0.6) is 5.75 Å². The molecule has 0 bridgehead atoms. The van der Waals surface area contributed by atoms with E-state index < -0.39 is 5.76 Å². The third kappa shape index (κ3) is 3.94.